The highest BCUT2D eigenvalue weighted by Crippen LogP contribution is 2.18. The number of imidazole rings is 1. The Labute approximate surface area is 106 Å². The lowest BCUT2D eigenvalue weighted by Crippen LogP contribution is -2.43. The lowest BCUT2D eigenvalue weighted by atomic mass is 10.0. The zero-order valence-electron chi connectivity index (χ0n) is 10.6. The molecule has 0 aromatic carbocycles. The van der Waals surface area contributed by atoms with Crippen LogP contribution in [0, 0.1) is 0 Å². The molecule has 0 radical (unpaired) electrons. The predicted molar refractivity (Wildman–Crippen MR) is 65.5 cm³/mol. The van der Waals surface area contributed by atoms with E-state index in [2.05, 4.69) is 22.1 Å². The van der Waals surface area contributed by atoms with Gasteiger partial charge in [0.15, 0.2) is 0 Å². The Kier molecular flexibility index (Phi) is 4.66. The van der Waals surface area contributed by atoms with Crippen LogP contribution in [0.5, 0.6) is 0 Å². The molecule has 6 heteroatoms. The minimum Gasteiger partial charge on any atom is -0.317 e. The molecule has 1 fully saturated rings. The number of hydrogen-bond donors (Lipinski definition) is 1. The largest absolute Gasteiger partial charge is 0.319 e. The molecule has 0 unspecified atom stereocenters. The standard InChI is InChI=1S/C12H20F2N4/c1-2-17(10-3-5-15-6-4-10)9-11-16-7-8-18(11)12(13)14/h7-8,10,12,15H,2-6,9H2,1H3. The van der Waals surface area contributed by atoms with Gasteiger partial charge in [0.25, 0.3) is 0 Å². The van der Waals surface area contributed by atoms with Crippen LogP contribution in [0.2, 0.25) is 0 Å². The average molecular weight is 258 g/mol. The third kappa shape index (κ3) is 3.05. The van der Waals surface area contributed by atoms with Crippen molar-refractivity contribution >= 4 is 0 Å². The van der Waals surface area contributed by atoms with E-state index in [1.165, 1.54) is 12.4 Å². The summed E-state index contributed by atoms with van der Waals surface area (Å²) in [5.74, 6) is 0.449. The van der Waals surface area contributed by atoms with E-state index in [0.717, 1.165) is 37.0 Å². The highest BCUT2D eigenvalue weighted by molar-refractivity contribution is 4.94. The molecule has 2 rings (SSSR count). The Morgan fingerprint density at radius 2 is 2.22 bits per heavy atom. The van der Waals surface area contributed by atoms with E-state index in [-0.39, 0.29) is 0 Å². The van der Waals surface area contributed by atoms with Crippen molar-refractivity contribution in [2.24, 2.45) is 0 Å². The average Bonchev–Trinajstić information content (AvgIpc) is 2.85. The molecule has 0 spiro atoms. The van der Waals surface area contributed by atoms with Crippen LogP contribution in [0.1, 0.15) is 32.1 Å². The Morgan fingerprint density at radius 1 is 1.50 bits per heavy atom. The summed E-state index contributed by atoms with van der Waals surface area (Å²) < 4.78 is 26.5. The van der Waals surface area contributed by atoms with Crippen molar-refractivity contribution in [2.75, 3.05) is 19.6 Å². The maximum Gasteiger partial charge on any atom is 0.319 e. The van der Waals surface area contributed by atoms with Gasteiger partial charge in [-0.2, -0.15) is 8.78 Å². The van der Waals surface area contributed by atoms with Gasteiger partial charge in [-0.15, -0.1) is 0 Å². The molecule has 1 aliphatic rings. The quantitative estimate of drug-likeness (QED) is 0.875. The van der Waals surface area contributed by atoms with E-state index in [1.807, 2.05) is 0 Å². The highest BCUT2D eigenvalue weighted by Gasteiger charge is 2.22. The molecule has 1 aliphatic heterocycles. The molecular weight excluding hydrogens is 238 g/mol. The Morgan fingerprint density at radius 3 is 2.83 bits per heavy atom. The summed E-state index contributed by atoms with van der Waals surface area (Å²) in [6.07, 6.45) is 4.93. The van der Waals surface area contributed by atoms with Gasteiger partial charge >= 0.3 is 6.55 Å². The monoisotopic (exact) mass is 258 g/mol. The molecule has 0 amide bonds. The summed E-state index contributed by atoms with van der Waals surface area (Å²) in [6.45, 7) is 2.93. The smallest absolute Gasteiger partial charge is 0.317 e. The van der Waals surface area contributed by atoms with Gasteiger partial charge < -0.3 is 5.32 Å². The fourth-order valence-electron chi connectivity index (χ4n) is 2.50. The predicted octanol–water partition coefficient (Wildman–Crippen LogP) is 1.85. The van der Waals surface area contributed by atoms with Crippen molar-refractivity contribution in [1.82, 2.24) is 19.8 Å². The number of halogens is 2. The molecule has 0 saturated carbocycles. The summed E-state index contributed by atoms with van der Waals surface area (Å²) in [5, 5.41) is 3.31. The molecule has 1 N–H and O–H groups in total. The van der Waals surface area contributed by atoms with Crippen LogP contribution in [-0.2, 0) is 6.54 Å². The zero-order valence-corrected chi connectivity index (χ0v) is 10.6. The van der Waals surface area contributed by atoms with Gasteiger partial charge in [0.05, 0.1) is 6.54 Å². The van der Waals surface area contributed by atoms with E-state index in [9.17, 15) is 8.78 Å². The van der Waals surface area contributed by atoms with E-state index in [4.69, 9.17) is 0 Å². The normalized spacial score (nSPS) is 17.8. The second-order valence-electron chi connectivity index (χ2n) is 4.57. The highest BCUT2D eigenvalue weighted by atomic mass is 19.3. The Hall–Kier alpha value is -1.01. The number of hydrogen-bond acceptors (Lipinski definition) is 3. The second-order valence-corrected chi connectivity index (χ2v) is 4.57. The first-order chi connectivity index (χ1) is 8.72. The summed E-state index contributed by atoms with van der Waals surface area (Å²) in [6, 6.07) is 0.471. The molecule has 1 aromatic rings. The maximum absolute atomic E-state index is 12.8. The van der Waals surface area contributed by atoms with E-state index in [0.29, 0.717) is 18.4 Å². The second kappa shape index (κ2) is 6.24. The van der Waals surface area contributed by atoms with Gasteiger partial charge in [0.1, 0.15) is 5.82 Å². The molecule has 1 saturated heterocycles. The topological polar surface area (TPSA) is 33.1 Å². The third-order valence-corrected chi connectivity index (χ3v) is 3.53. The van der Waals surface area contributed by atoms with Crippen molar-refractivity contribution in [3.05, 3.63) is 18.2 Å². The number of aromatic nitrogens is 2. The van der Waals surface area contributed by atoms with Gasteiger partial charge in [0.2, 0.25) is 0 Å². The van der Waals surface area contributed by atoms with Gasteiger partial charge in [0, 0.05) is 18.4 Å². The number of rotatable bonds is 5. The lowest BCUT2D eigenvalue weighted by Gasteiger charge is -2.33. The maximum atomic E-state index is 12.8. The van der Waals surface area contributed by atoms with Crippen molar-refractivity contribution < 1.29 is 8.78 Å². The van der Waals surface area contributed by atoms with E-state index >= 15 is 0 Å². The molecular formula is C12H20F2N4. The van der Waals surface area contributed by atoms with Crippen LogP contribution in [-0.4, -0.2) is 40.1 Å². The van der Waals surface area contributed by atoms with Crippen LogP contribution in [0.25, 0.3) is 0 Å². The van der Waals surface area contributed by atoms with Gasteiger partial charge in [-0.1, -0.05) is 6.92 Å². The minimum absolute atomic E-state index is 0.449. The molecule has 4 nitrogen and oxygen atoms in total. The van der Waals surface area contributed by atoms with Crippen molar-refractivity contribution in [3.63, 3.8) is 0 Å². The molecule has 2 heterocycles. The SMILES string of the molecule is CCN(Cc1nccn1C(F)F)C1CCNCC1. The fraction of sp³-hybridized carbons (Fsp3) is 0.750. The van der Waals surface area contributed by atoms with E-state index < -0.39 is 6.55 Å². The molecule has 18 heavy (non-hydrogen) atoms. The van der Waals surface area contributed by atoms with Crippen molar-refractivity contribution in [1.29, 1.82) is 0 Å². The molecule has 0 bridgehead atoms. The number of nitrogens with one attached hydrogen (secondary N) is 1. The summed E-state index contributed by atoms with van der Waals surface area (Å²) in [4.78, 5) is 6.28. The van der Waals surface area contributed by atoms with Crippen LogP contribution in [0.4, 0.5) is 8.78 Å². The number of nitrogens with zero attached hydrogens (tertiary/aromatic N) is 3. The van der Waals surface area contributed by atoms with Crippen molar-refractivity contribution in [3.8, 4) is 0 Å². The molecule has 102 valence electrons. The van der Waals surface area contributed by atoms with Crippen LogP contribution in [0.15, 0.2) is 12.4 Å². The molecule has 0 aliphatic carbocycles. The number of alkyl halides is 2. The Balaban J connectivity index is 2.02. The first-order valence-corrected chi connectivity index (χ1v) is 6.47. The summed E-state index contributed by atoms with van der Waals surface area (Å²) >= 11 is 0. The summed E-state index contributed by atoms with van der Waals surface area (Å²) in [5.41, 5.74) is 0. The van der Waals surface area contributed by atoms with Gasteiger partial charge in [-0.3, -0.25) is 9.47 Å². The Bertz CT molecular complexity index is 361. The molecule has 1 aromatic heterocycles. The van der Waals surface area contributed by atoms with Crippen LogP contribution in [0.3, 0.4) is 0 Å². The van der Waals surface area contributed by atoms with Gasteiger partial charge in [-0.25, -0.2) is 4.98 Å². The van der Waals surface area contributed by atoms with Gasteiger partial charge in [-0.05, 0) is 32.5 Å². The minimum atomic E-state index is -2.51. The zero-order chi connectivity index (χ0) is 13.0. The lowest BCUT2D eigenvalue weighted by molar-refractivity contribution is 0.0612. The third-order valence-electron chi connectivity index (χ3n) is 3.53. The van der Waals surface area contributed by atoms with Crippen LogP contribution >= 0.6 is 0 Å². The first-order valence-electron chi connectivity index (χ1n) is 6.47. The van der Waals surface area contributed by atoms with Crippen molar-refractivity contribution in [2.45, 2.75) is 38.9 Å². The fourth-order valence-corrected chi connectivity index (χ4v) is 2.50. The van der Waals surface area contributed by atoms with Crippen LogP contribution < -0.4 is 5.32 Å². The van der Waals surface area contributed by atoms with E-state index in [1.54, 1.807) is 0 Å². The number of piperidine rings is 1. The summed E-state index contributed by atoms with van der Waals surface area (Å²) in [7, 11) is 0. The molecule has 0 atom stereocenters. The first kappa shape index (κ1) is 13.4.